The average Bonchev–Trinajstić information content (AvgIpc) is 3.07. The van der Waals surface area contributed by atoms with E-state index in [2.05, 4.69) is 12.2 Å². The fourth-order valence-corrected chi connectivity index (χ4v) is 2.82. The Hall–Kier alpha value is -0.610. The molecular formula is C14H26N2O2. The van der Waals surface area contributed by atoms with Gasteiger partial charge in [0.2, 0.25) is 5.91 Å². The molecule has 2 fully saturated rings. The molecular weight excluding hydrogens is 228 g/mol. The molecule has 1 heterocycles. The second-order valence-electron chi connectivity index (χ2n) is 6.14. The predicted molar refractivity (Wildman–Crippen MR) is 71.3 cm³/mol. The van der Waals surface area contributed by atoms with Crippen molar-refractivity contribution in [3.05, 3.63) is 0 Å². The van der Waals surface area contributed by atoms with Gasteiger partial charge in [0.25, 0.3) is 0 Å². The molecule has 104 valence electrons. The fraction of sp³-hybridized carbons (Fsp3) is 0.929. The van der Waals surface area contributed by atoms with Crippen LogP contribution in [0.5, 0.6) is 0 Å². The number of carbonyl (C=O) groups excluding carboxylic acids is 1. The lowest BCUT2D eigenvalue weighted by molar-refractivity contribution is -0.139. The van der Waals surface area contributed by atoms with Crippen LogP contribution in [0, 0.1) is 0 Å². The molecule has 1 saturated carbocycles. The largest absolute Gasteiger partial charge is 0.388 e. The SMILES string of the molecule is CCCC(C)(O)CN1CCCC(NC2CC2)C1=O. The first-order valence-corrected chi connectivity index (χ1v) is 7.29. The van der Waals surface area contributed by atoms with Crippen LogP contribution < -0.4 is 5.32 Å². The van der Waals surface area contributed by atoms with Crippen molar-refractivity contribution in [3.63, 3.8) is 0 Å². The van der Waals surface area contributed by atoms with Crippen molar-refractivity contribution in [1.82, 2.24) is 10.2 Å². The highest BCUT2D eigenvalue weighted by molar-refractivity contribution is 5.82. The van der Waals surface area contributed by atoms with Gasteiger partial charge in [0.1, 0.15) is 0 Å². The maximum Gasteiger partial charge on any atom is 0.239 e. The second-order valence-corrected chi connectivity index (χ2v) is 6.14. The summed E-state index contributed by atoms with van der Waals surface area (Å²) < 4.78 is 0. The molecule has 0 bridgehead atoms. The lowest BCUT2D eigenvalue weighted by atomic mass is 9.97. The van der Waals surface area contributed by atoms with Crippen molar-refractivity contribution < 1.29 is 9.90 Å². The Morgan fingerprint density at radius 2 is 2.17 bits per heavy atom. The molecule has 0 radical (unpaired) electrons. The quantitative estimate of drug-likeness (QED) is 0.751. The van der Waals surface area contributed by atoms with Gasteiger partial charge in [-0.1, -0.05) is 13.3 Å². The van der Waals surface area contributed by atoms with Crippen LogP contribution >= 0.6 is 0 Å². The summed E-state index contributed by atoms with van der Waals surface area (Å²) in [5, 5.41) is 13.7. The monoisotopic (exact) mass is 254 g/mol. The molecule has 2 aliphatic rings. The third-order valence-corrected chi connectivity index (χ3v) is 3.86. The van der Waals surface area contributed by atoms with E-state index in [0.29, 0.717) is 12.6 Å². The maximum atomic E-state index is 12.3. The Balaban J connectivity index is 1.88. The van der Waals surface area contributed by atoms with Crippen LogP contribution in [-0.2, 0) is 4.79 Å². The van der Waals surface area contributed by atoms with E-state index in [9.17, 15) is 9.90 Å². The number of nitrogens with zero attached hydrogens (tertiary/aromatic N) is 1. The number of carbonyl (C=O) groups is 1. The van der Waals surface area contributed by atoms with Crippen LogP contribution in [0.15, 0.2) is 0 Å². The van der Waals surface area contributed by atoms with Gasteiger partial charge in [-0.2, -0.15) is 0 Å². The van der Waals surface area contributed by atoms with E-state index in [1.54, 1.807) is 0 Å². The number of likely N-dealkylation sites (tertiary alicyclic amines) is 1. The summed E-state index contributed by atoms with van der Waals surface area (Å²) >= 11 is 0. The van der Waals surface area contributed by atoms with Gasteiger partial charge >= 0.3 is 0 Å². The van der Waals surface area contributed by atoms with Crippen LogP contribution in [-0.4, -0.2) is 46.7 Å². The van der Waals surface area contributed by atoms with Crippen LogP contribution in [0.25, 0.3) is 0 Å². The highest BCUT2D eigenvalue weighted by Crippen LogP contribution is 2.23. The summed E-state index contributed by atoms with van der Waals surface area (Å²) in [6.07, 6.45) is 6.09. The Morgan fingerprint density at radius 1 is 1.44 bits per heavy atom. The van der Waals surface area contributed by atoms with Crippen LogP contribution in [0.2, 0.25) is 0 Å². The zero-order chi connectivity index (χ0) is 13.2. The zero-order valence-corrected chi connectivity index (χ0v) is 11.6. The molecule has 0 aromatic heterocycles. The number of hydrogen-bond donors (Lipinski definition) is 2. The molecule has 1 saturated heterocycles. The zero-order valence-electron chi connectivity index (χ0n) is 11.6. The number of β-amino-alcohol motifs (C(OH)–C–C–N with tert-alkyl or cyclic N) is 1. The highest BCUT2D eigenvalue weighted by Gasteiger charge is 2.35. The summed E-state index contributed by atoms with van der Waals surface area (Å²) in [4.78, 5) is 14.2. The van der Waals surface area contributed by atoms with Gasteiger partial charge in [0.15, 0.2) is 0 Å². The maximum absolute atomic E-state index is 12.3. The third kappa shape index (κ3) is 3.69. The average molecular weight is 254 g/mol. The van der Waals surface area contributed by atoms with Gasteiger partial charge in [0, 0.05) is 19.1 Å². The van der Waals surface area contributed by atoms with Crippen molar-refractivity contribution in [1.29, 1.82) is 0 Å². The van der Waals surface area contributed by atoms with Crippen molar-refractivity contribution in [2.75, 3.05) is 13.1 Å². The van der Waals surface area contributed by atoms with Gasteiger partial charge in [0.05, 0.1) is 11.6 Å². The minimum atomic E-state index is -0.744. The minimum Gasteiger partial charge on any atom is -0.388 e. The van der Waals surface area contributed by atoms with Crippen molar-refractivity contribution in [2.45, 2.75) is 70.1 Å². The van der Waals surface area contributed by atoms with E-state index in [4.69, 9.17) is 0 Å². The molecule has 4 heteroatoms. The molecule has 1 amide bonds. The van der Waals surface area contributed by atoms with E-state index >= 15 is 0 Å². The number of amides is 1. The summed E-state index contributed by atoms with van der Waals surface area (Å²) in [5.74, 6) is 0.185. The first-order chi connectivity index (χ1) is 8.52. The molecule has 1 aliphatic carbocycles. The fourth-order valence-electron chi connectivity index (χ4n) is 2.82. The van der Waals surface area contributed by atoms with Gasteiger partial charge in [-0.3, -0.25) is 4.79 Å². The molecule has 2 rings (SSSR count). The highest BCUT2D eigenvalue weighted by atomic mass is 16.3. The number of hydrogen-bond acceptors (Lipinski definition) is 3. The van der Waals surface area contributed by atoms with Gasteiger partial charge < -0.3 is 15.3 Å². The number of rotatable bonds is 6. The Morgan fingerprint density at radius 3 is 2.78 bits per heavy atom. The van der Waals surface area contributed by atoms with Crippen molar-refractivity contribution >= 4 is 5.91 Å². The summed E-state index contributed by atoms with van der Waals surface area (Å²) in [6.45, 7) is 5.16. The molecule has 0 aromatic rings. The molecule has 0 aromatic carbocycles. The minimum absolute atomic E-state index is 0.0105. The Bertz CT molecular complexity index is 300. The third-order valence-electron chi connectivity index (χ3n) is 3.86. The summed E-state index contributed by atoms with van der Waals surface area (Å²) in [6, 6.07) is 0.554. The van der Waals surface area contributed by atoms with Crippen LogP contribution in [0.3, 0.4) is 0 Å². The normalized spacial score (nSPS) is 28.3. The first-order valence-electron chi connectivity index (χ1n) is 7.29. The molecule has 1 aliphatic heterocycles. The van der Waals surface area contributed by atoms with E-state index in [-0.39, 0.29) is 11.9 Å². The number of piperidine rings is 1. The number of aliphatic hydroxyl groups is 1. The standard InChI is InChI=1S/C14H26N2O2/c1-3-8-14(2,18)10-16-9-4-5-12(13(16)17)15-11-6-7-11/h11-12,15,18H,3-10H2,1-2H3. The molecule has 18 heavy (non-hydrogen) atoms. The molecule has 2 unspecified atom stereocenters. The summed E-state index contributed by atoms with van der Waals surface area (Å²) in [5.41, 5.74) is -0.744. The molecule has 0 spiro atoms. The molecule has 2 atom stereocenters. The van der Waals surface area contributed by atoms with E-state index in [1.807, 2.05) is 11.8 Å². The molecule has 2 N–H and O–H groups in total. The second kappa shape index (κ2) is 5.57. The van der Waals surface area contributed by atoms with Crippen LogP contribution in [0.1, 0.15) is 52.4 Å². The number of nitrogens with one attached hydrogen (secondary N) is 1. The van der Waals surface area contributed by atoms with E-state index in [1.165, 1.54) is 12.8 Å². The summed E-state index contributed by atoms with van der Waals surface area (Å²) in [7, 11) is 0. The predicted octanol–water partition coefficient (Wildman–Crippen LogP) is 1.28. The van der Waals surface area contributed by atoms with E-state index < -0.39 is 5.60 Å². The van der Waals surface area contributed by atoms with Gasteiger partial charge in [-0.25, -0.2) is 0 Å². The molecule has 4 nitrogen and oxygen atoms in total. The van der Waals surface area contributed by atoms with Gasteiger partial charge in [-0.15, -0.1) is 0 Å². The van der Waals surface area contributed by atoms with E-state index in [0.717, 1.165) is 32.2 Å². The lowest BCUT2D eigenvalue weighted by Gasteiger charge is -2.37. The van der Waals surface area contributed by atoms with Gasteiger partial charge in [-0.05, 0) is 39.0 Å². The smallest absolute Gasteiger partial charge is 0.239 e. The Labute approximate surface area is 110 Å². The topological polar surface area (TPSA) is 52.6 Å². The lowest BCUT2D eigenvalue weighted by Crippen LogP contribution is -2.54. The Kier molecular flexibility index (Phi) is 4.28. The van der Waals surface area contributed by atoms with Crippen molar-refractivity contribution in [3.8, 4) is 0 Å². The first kappa shape index (κ1) is 13.8. The van der Waals surface area contributed by atoms with Crippen LogP contribution in [0.4, 0.5) is 0 Å². The van der Waals surface area contributed by atoms with Crippen molar-refractivity contribution in [2.24, 2.45) is 0 Å².